The van der Waals surface area contributed by atoms with Crippen molar-refractivity contribution in [1.82, 2.24) is 4.90 Å². The van der Waals surface area contributed by atoms with Gasteiger partial charge in [-0.2, -0.15) is 0 Å². The Morgan fingerprint density at radius 1 is 1.18 bits per heavy atom. The molecule has 1 fully saturated rings. The van der Waals surface area contributed by atoms with Crippen molar-refractivity contribution in [2.45, 2.75) is 30.8 Å². The van der Waals surface area contributed by atoms with Crippen LogP contribution in [0.4, 0.5) is 0 Å². The van der Waals surface area contributed by atoms with Crippen LogP contribution in [0.25, 0.3) is 0 Å². The van der Waals surface area contributed by atoms with Crippen molar-refractivity contribution in [3.63, 3.8) is 0 Å². The molecule has 126 valence electrons. The van der Waals surface area contributed by atoms with Crippen LogP contribution in [-0.4, -0.2) is 77.2 Å². The van der Waals surface area contributed by atoms with E-state index in [4.69, 9.17) is 23.7 Å². The smallest absolute Gasteiger partial charge is 0.287 e. The summed E-state index contributed by atoms with van der Waals surface area (Å²) in [5.74, 6) is 0.112. The van der Waals surface area contributed by atoms with Crippen LogP contribution in [0.2, 0.25) is 0 Å². The molecule has 0 radical (unpaired) electrons. The maximum absolute atomic E-state index is 6.02. The monoisotopic (exact) mass is 314 g/mol. The number of nitrogens with zero attached hydrogens (tertiary/aromatic N) is 2. The number of aliphatic imine (C=N–C) groups is 1. The molecule has 7 heteroatoms. The molecule has 22 heavy (non-hydrogen) atoms. The van der Waals surface area contributed by atoms with Gasteiger partial charge in [-0.3, -0.25) is 0 Å². The number of allylic oxidation sites excluding steroid dienone is 1. The van der Waals surface area contributed by atoms with E-state index in [1.54, 1.807) is 14.2 Å². The minimum Gasteiger partial charge on any atom is -0.459 e. The molecule has 0 unspecified atom stereocenters. The van der Waals surface area contributed by atoms with Gasteiger partial charge in [-0.1, -0.05) is 6.08 Å². The number of hydrogen-bond donors (Lipinski definition) is 0. The molecule has 1 aliphatic carbocycles. The average molecular weight is 314 g/mol. The molecule has 5 atom stereocenters. The fourth-order valence-corrected chi connectivity index (χ4v) is 3.04. The summed E-state index contributed by atoms with van der Waals surface area (Å²) in [6.07, 6.45) is 2.15. The van der Waals surface area contributed by atoms with Crippen LogP contribution in [0, 0.1) is 5.92 Å². The van der Waals surface area contributed by atoms with Gasteiger partial charge in [0, 0.05) is 34.2 Å². The summed E-state index contributed by atoms with van der Waals surface area (Å²) >= 11 is 0. The molecule has 0 saturated heterocycles. The first kappa shape index (κ1) is 17.2. The molecule has 0 aromatic carbocycles. The van der Waals surface area contributed by atoms with Crippen LogP contribution in [0.15, 0.2) is 17.6 Å². The van der Waals surface area contributed by atoms with E-state index in [1.165, 1.54) is 0 Å². The third-order valence-electron chi connectivity index (χ3n) is 3.92. The van der Waals surface area contributed by atoms with E-state index in [-0.39, 0.29) is 43.9 Å². The summed E-state index contributed by atoms with van der Waals surface area (Å²) in [4.78, 5) is 6.52. The summed E-state index contributed by atoms with van der Waals surface area (Å²) in [7, 11) is 7.01. The van der Waals surface area contributed by atoms with Crippen molar-refractivity contribution in [2.24, 2.45) is 10.9 Å². The van der Waals surface area contributed by atoms with Crippen molar-refractivity contribution in [3.05, 3.63) is 12.7 Å². The lowest BCUT2D eigenvalue weighted by molar-refractivity contribution is -0.158. The Balaban J connectivity index is 2.20. The van der Waals surface area contributed by atoms with E-state index < -0.39 is 0 Å². The molecule has 2 aliphatic rings. The highest BCUT2D eigenvalue weighted by Crippen LogP contribution is 2.41. The fourth-order valence-electron chi connectivity index (χ4n) is 3.04. The van der Waals surface area contributed by atoms with Crippen molar-refractivity contribution < 1.29 is 23.7 Å². The Hall–Kier alpha value is -1.15. The molecule has 1 saturated carbocycles. The second-order valence-corrected chi connectivity index (χ2v) is 5.64. The Morgan fingerprint density at radius 3 is 2.36 bits per heavy atom. The Bertz CT molecular complexity index is 401. The molecule has 0 aromatic heterocycles. The SMILES string of the molecule is C=CC[C@@H]1[C@@H](OCOC)[C@H](OCOC)[C@H]2N=C(N(C)C)O[C@@H]12. The normalized spacial score (nSPS) is 33.3. The van der Waals surface area contributed by atoms with Crippen molar-refractivity contribution in [1.29, 1.82) is 0 Å². The van der Waals surface area contributed by atoms with E-state index in [0.29, 0.717) is 6.02 Å². The number of fused-ring (bicyclic) bond motifs is 1. The minimum absolute atomic E-state index is 0.0842. The fraction of sp³-hybridized carbons (Fsp3) is 0.800. The van der Waals surface area contributed by atoms with Crippen LogP contribution in [0.3, 0.4) is 0 Å². The highest BCUT2D eigenvalue weighted by molar-refractivity contribution is 5.75. The number of amidine groups is 1. The first-order chi connectivity index (χ1) is 10.6. The van der Waals surface area contributed by atoms with Gasteiger partial charge in [0.15, 0.2) is 0 Å². The molecule has 0 aromatic rings. The zero-order valence-corrected chi connectivity index (χ0v) is 13.7. The van der Waals surface area contributed by atoms with E-state index in [1.807, 2.05) is 25.1 Å². The van der Waals surface area contributed by atoms with E-state index in [9.17, 15) is 0 Å². The standard InChI is InChI=1S/C15H26N2O5/c1-6-7-10-12-11(16-15(22-12)17(2)3)14(21-9-19-5)13(10)20-8-18-4/h6,10-14H,1,7-9H2,2-5H3/t10-,11-,12-,13+,14+/m0/s1. The van der Waals surface area contributed by atoms with Gasteiger partial charge in [-0.05, 0) is 6.42 Å². The van der Waals surface area contributed by atoms with E-state index in [0.717, 1.165) is 6.42 Å². The summed E-state index contributed by atoms with van der Waals surface area (Å²) in [5, 5.41) is 0. The minimum atomic E-state index is -0.234. The van der Waals surface area contributed by atoms with Crippen LogP contribution in [0.1, 0.15) is 6.42 Å². The van der Waals surface area contributed by atoms with Gasteiger partial charge in [-0.25, -0.2) is 4.99 Å². The van der Waals surface area contributed by atoms with Crippen molar-refractivity contribution in [2.75, 3.05) is 41.9 Å². The quantitative estimate of drug-likeness (QED) is 0.489. The molecule has 0 amide bonds. The number of rotatable bonds is 8. The highest BCUT2D eigenvalue weighted by atomic mass is 16.7. The van der Waals surface area contributed by atoms with Gasteiger partial charge in [0.25, 0.3) is 6.02 Å². The Labute approximate surface area is 131 Å². The zero-order valence-electron chi connectivity index (χ0n) is 13.7. The van der Waals surface area contributed by atoms with Gasteiger partial charge < -0.3 is 28.6 Å². The summed E-state index contributed by atoms with van der Waals surface area (Å²) in [6.45, 7) is 4.23. The summed E-state index contributed by atoms with van der Waals surface area (Å²) in [5.41, 5.74) is 0. The molecule has 0 bridgehead atoms. The van der Waals surface area contributed by atoms with Gasteiger partial charge >= 0.3 is 0 Å². The lowest BCUT2D eigenvalue weighted by atomic mass is 9.99. The molecule has 7 nitrogen and oxygen atoms in total. The maximum atomic E-state index is 6.02. The van der Waals surface area contributed by atoms with Crippen LogP contribution in [0.5, 0.6) is 0 Å². The highest BCUT2D eigenvalue weighted by Gasteiger charge is 2.56. The topological polar surface area (TPSA) is 61.8 Å². The predicted octanol–water partition coefficient (Wildman–Crippen LogP) is 0.856. The lowest BCUT2D eigenvalue weighted by Crippen LogP contribution is -2.37. The third-order valence-corrected chi connectivity index (χ3v) is 3.92. The summed E-state index contributed by atoms with van der Waals surface area (Å²) < 4.78 is 27.8. The maximum Gasteiger partial charge on any atom is 0.287 e. The van der Waals surface area contributed by atoms with Gasteiger partial charge in [0.2, 0.25) is 0 Å². The first-order valence-corrected chi connectivity index (χ1v) is 7.37. The third kappa shape index (κ3) is 3.43. The van der Waals surface area contributed by atoms with Crippen molar-refractivity contribution in [3.8, 4) is 0 Å². The molecular weight excluding hydrogens is 288 g/mol. The number of ether oxygens (including phenoxy) is 5. The van der Waals surface area contributed by atoms with Crippen LogP contribution in [-0.2, 0) is 23.7 Å². The van der Waals surface area contributed by atoms with Crippen LogP contribution >= 0.6 is 0 Å². The lowest BCUT2D eigenvalue weighted by Gasteiger charge is -2.26. The van der Waals surface area contributed by atoms with Crippen LogP contribution < -0.4 is 0 Å². The molecule has 1 heterocycles. The van der Waals surface area contributed by atoms with Gasteiger partial charge in [-0.15, -0.1) is 6.58 Å². The Kier molecular flexibility index (Phi) is 6.19. The van der Waals surface area contributed by atoms with E-state index in [2.05, 4.69) is 11.6 Å². The van der Waals surface area contributed by atoms with E-state index >= 15 is 0 Å². The van der Waals surface area contributed by atoms with Gasteiger partial charge in [0.05, 0.1) is 6.10 Å². The summed E-state index contributed by atoms with van der Waals surface area (Å²) in [6, 6.07) is 0.514. The first-order valence-electron chi connectivity index (χ1n) is 7.37. The predicted molar refractivity (Wildman–Crippen MR) is 81.6 cm³/mol. The molecule has 1 aliphatic heterocycles. The largest absolute Gasteiger partial charge is 0.459 e. The Morgan fingerprint density at radius 2 is 1.82 bits per heavy atom. The second-order valence-electron chi connectivity index (χ2n) is 5.64. The molecular formula is C15H26N2O5. The zero-order chi connectivity index (χ0) is 16.1. The van der Waals surface area contributed by atoms with Crippen molar-refractivity contribution >= 4 is 6.02 Å². The molecule has 2 rings (SSSR count). The molecule has 0 spiro atoms. The molecule has 0 N–H and O–H groups in total. The number of methoxy groups -OCH3 is 2. The second kappa shape index (κ2) is 7.92. The average Bonchev–Trinajstić information content (AvgIpc) is 3.03. The number of hydrogen-bond acceptors (Lipinski definition) is 7. The van der Waals surface area contributed by atoms with Gasteiger partial charge in [0.1, 0.15) is 31.8 Å².